The van der Waals surface area contributed by atoms with Crippen molar-refractivity contribution >= 4 is 11.7 Å². The van der Waals surface area contributed by atoms with E-state index in [1.54, 1.807) is 12.1 Å². The lowest BCUT2D eigenvalue weighted by molar-refractivity contribution is -0.119. The van der Waals surface area contributed by atoms with Crippen LogP contribution in [0.3, 0.4) is 0 Å². The van der Waals surface area contributed by atoms with Gasteiger partial charge in [0.2, 0.25) is 5.91 Å². The molecule has 0 bridgehead atoms. The van der Waals surface area contributed by atoms with Gasteiger partial charge in [-0.25, -0.2) is 0 Å². The summed E-state index contributed by atoms with van der Waals surface area (Å²) in [6.07, 6.45) is 2.29. The highest BCUT2D eigenvalue weighted by Crippen LogP contribution is 2.07. The molecule has 0 saturated heterocycles. The summed E-state index contributed by atoms with van der Waals surface area (Å²) in [7, 11) is 0. The first-order valence-corrected chi connectivity index (χ1v) is 5.25. The highest BCUT2D eigenvalue weighted by Gasteiger charge is 2.09. The molecule has 4 heteroatoms. The van der Waals surface area contributed by atoms with E-state index >= 15 is 0 Å². The van der Waals surface area contributed by atoms with Crippen molar-refractivity contribution in [3.63, 3.8) is 0 Å². The zero-order valence-corrected chi connectivity index (χ0v) is 9.56. The Hall–Kier alpha value is -1.71. The monoisotopic (exact) mass is 220 g/mol. The maximum atomic E-state index is 11.5. The van der Waals surface area contributed by atoms with E-state index < -0.39 is 5.91 Å². The van der Waals surface area contributed by atoms with Crippen LogP contribution in [-0.4, -0.2) is 16.7 Å². The number of carbonyl (C=O) groups is 2. The summed E-state index contributed by atoms with van der Waals surface area (Å²) in [6.45, 7) is 3.98. The third-order valence-corrected chi connectivity index (χ3v) is 2.12. The zero-order chi connectivity index (χ0) is 12.1. The Kier molecular flexibility index (Phi) is 4.17. The van der Waals surface area contributed by atoms with Crippen molar-refractivity contribution in [2.45, 2.75) is 26.7 Å². The fraction of sp³-hybridized carbons (Fsp3) is 0.417. The minimum atomic E-state index is -0.500. The van der Waals surface area contributed by atoms with E-state index in [-0.39, 0.29) is 12.2 Å². The first-order valence-electron chi connectivity index (χ1n) is 5.25. The number of pyridine rings is 1. The number of aromatic nitrogens is 1. The molecule has 1 amide bonds. The Morgan fingerprint density at radius 3 is 2.69 bits per heavy atom. The van der Waals surface area contributed by atoms with Gasteiger partial charge in [0.1, 0.15) is 5.78 Å². The van der Waals surface area contributed by atoms with Crippen molar-refractivity contribution in [1.82, 2.24) is 4.98 Å². The molecule has 0 aliphatic carbocycles. The zero-order valence-electron chi connectivity index (χ0n) is 9.56. The van der Waals surface area contributed by atoms with Gasteiger partial charge in [-0.1, -0.05) is 13.8 Å². The van der Waals surface area contributed by atoms with Gasteiger partial charge in [-0.2, -0.15) is 0 Å². The largest absolute Gasteiger partial charge is 0.366 e. The van der Waals surface area contributed by atoms with Gasteiger partial charge in [0.25, 0.3) is 0 Å². The number of Topliss-reactive ketones (excluding diaryl/α,β-unsaturated/α-hetero) is 1. The van der Waals surface area contributed by atoms with Crippen molar-refractivity contribution in [1.29, 1.82) is 0 Å². The fourth-order valence-electron chi connectivity index (χ4n) is 1.46. The summed E-state index contributed by atoms with van der Waals surface area (Å²) < 4.78 is 0. The van der Waals surface area contributed by atoms with Crippen LogP contribution in [-0.2, 0) is 11.2 Å². The van der Waals surface area contributed by atoms with Crippen LogP contribution in [0.15, 0.2) is 18.3 Å². The Labute approximate surface area is 94.9 Å². The summed E-state index contributed by atoms with van der Waals surface area (Å²) in [5, 5.41) is 0. The Balaban J connectivity index is 2.70. The van der Waals surface area contributed by atoms with E-state index in [1.807, 2.05) is 13.8 Å². The lowest BCUT2D eigenvalue weighted by Gasteiger charge is -2.04. The number of primary amides is 1. The molecule has 0 saturated carbocycles. The normalized spacial score (nSPS) is 10.4. The molecule has 16 heavy (non-hydrogen) atoms. The number of ketones is 1. The maximum Gasteiger partial charge on any atom is 0.248 e. The third kappa shape index (κ3) is 3.81. The van der Waals surface area contributed by atoms with Crippen LogP contribution in [0.2, 0.25) is 0 Å². The second kappa shape index (κ2) is 5.39. The topological polar surface area (TPSA) is 73.1 Å². The highest BCUT2D eigenvalue weighted by atomic mass is 16.1. The van der Waals surface area contributed by atoms with E-state index in [4.69, 9.17) is 5.73 Å². The summed E-state index contributed by atoms with van der Waals surface area (Å²) in [5.41, 5.74) is 6.13. The van der Waals surface area contributed by atoms with Gasteiger partial charge in [-0.3, -0.25) is 14.6 Å². The Morgan fingerprint density at radius 1 is 1.44 bits per heavy atom. The minimum Gasteiger partial charge on any atom is -0.366 e. The lowest BCUT2D eigenvalue weighted by atomic mass is 10.0. The van der Waals surface area contributed by atoms with Gasteiger partial charge in [-0.15, -0.1) is 0 Å². The van der Waals surface area contributed by atoms with Crippen molar-refractivity contribution in [2.75, 3.05) is 0 Å². The first kappa shape index (κ1) is 12.4. The predicted octanol–water partition coefficient (Wildman–Crippen LogP) is 1.34. The quantitative estimate of drug-likeness (QED) is 0.813. The van der Waals surface area contributed by atoms with Crippen LogP contribution >= 0.6 is 0 Å². The molecule has 0 spiro atoms. The SMILES string of the molecule is CC(C)CC(=O)Cc1cc(C(N)=O)ccn1. The number of carbonyl (C=O) groups excluding carboxylic acids is 2. The molecular weight excluding hydrogens is 204 g/mol. The molecule has 0 radical (unpaired) electrons. The van der Waals surface area contributed by atoms with Crippen molar-refractivity contribution in [3.8, 4) is 0 Å². The summed E-state index contributed by atoms with van der Waals surface area (Å²) in [5.74, 6) is -0.0316. The summed E-state index contributed by atoms with van der Waals surface area (Å²) in [4.78, 5) is 26.5. The number of nitrogens with two attached hydrogens (primary N) is 1. The van der Waals surface area contributed by atoms with Crippen molar-refractivity contribution in [2.24, 2.45) is 11.7 Å². The maximum absolute atomic E-state index is 11.5. The molecule has 4 nitrogen and oxygen atoms in total. The molecule has 1 aromatic rings. The molecule has 0 aliphatic rings. The number of nitrogens with zero attached hydrogens (tertiary/aromatic N) is 1. The fourth-order valence-corrected chi connectivity index (χ4v) is 1.46. The van der Waals surface area contributed by atoms with E-state index in [1.165, 1.54) is 6.20 Å². The average molecular weight is 220 g/mol. The number of hydrogen-bond donors (Lipinski definition) is 1. The molecule has 2 N–H and O–H groups in total. The number of hydrogen-bond acceptors (Lipinski definition) is 3. The molecule has 0 atom stereocenters. The molecule has 0 unspecified atom stereocenters. The Morgan fingerprint density at radius 2 is 2.12 bits per heavy atom. The van der Waals surface area contributed by atoms with Crippen molar-refractivity contribution < 1.29 is 9.59 Å². The van der Waals surface area contributed by atoms with Gasteiger partial charge in [0.15, 0.2) is 0 Å². The molecule has 0 fully saturated rings. The van der Waals surface area contributed by atoms with Gasteiger partial charge >= 0.3 is 0 Å². The van der Waals surface area contributed by atoms with Crippen LogP contribution < -0.4 is 5.73 Å². The highest BCUT2D eigenvalue weighted by molar-refractivity contribution is 5.93. The molecule has 1 aromatic heterocycles. The predicted molar refractivity (Wildman–Crippen MR) is 60.9 cm³/mol. The second-order valence-electron chi connectivity index (χ2n) is 4.21. The van der Waals surface area contributed by atoms with Crippen LogP contribution in [0, 0.1) is 5.92 Å². The summed E-state index contributed by atoms with van der Waals surface area (Å²) in [6, 6.07) is 3.11. The Bertz CT molecular complexity index is 400. The van der Waals surface area contributed by atoms with Crippen LogP contribution in [0.4, 0.5) is 0 Å². The average Bonchev–Trinajstić information content (AvgIpc) is 2.16. The van der Waals surface area contributed by atoms with Crippen LogP contribution in [0.25, 0.3) is 0 Å². The standard InChI is InChI=1S/C12H16N2O2/c1-8(2)5-11(15)7-10-6-9(12(13)16)3-4-14-10/h3-4,6,8H,5,7H2,1-2H3,(H2,13,16). The van der Waals surface area contributed by atoms with Crippen molar-refractivity contribution in [3.05, 3.63) is 29.6 Å². The lowest BCUT2D eigenvalue weighted by Crippen LogP contribution is -2.13. The van der Waals surface area contributed by atoms with E-state index in [2.05, 4.69) is 4.98 Å². The van der Waals surface area contributed by atoms with Gasteiger partial charge < -0.3 is 5.73 Å². The third-order valence-electron chi connectivity index (χ3n) is 2.12. The van der Waals surface area contributed by atoms with Gasteiger partial charge in [0, 0.05) is 30.3 Å². The van der Waals surface area contributed by atoms with E-state index in [9.17, 15) is 9.59 Å². The van der Waals surface area contributed by atoms with Gasteiger partial charge in [-0.05, 0) is 18.1 Å². The number of amides is 1. The second-order valence-corrected chi connectivity index (χ2v) is 4.21. The molecule has 86 valence electrons. The van der Waals surface area contributed by atoms with E-state index in [0.717, 1.165) is 0 Å². The summed E-state index contributed by atoms with van der Waals surface area (Å²) >= 11 is 0. The van der Waals surface area contributed by atoms with Crippen LogP contribution in [0.5, 0.6) is 0 Å². The smallest absolute Gasteiger partial charge is 0.248 e. The molecule has 1 rings (SSSR count). The molecule has 1 heterocycles. The minimum absolute atomic E-state index is 0.129. The van der Waals surface area contributed by atoms with Gasteiger partial charge in [0.05, 0.1) is 0 Å². The molecular formula is C12H16N2O2. The first-order chi connectivity index (χ1) is 7.49. The van der Waals surface area contributed by atoms with E-state index in [0.29, 0.717) is 23.6 Å². The molecule has 0 aliphatic heterocycles. The number of rotatable bonds is 5. The van der Waals surface area contributed by atoms with Crippen LogP contribution in [0.1, 0.15) is 36.3 Å². The molecule has 0 aromatic carbocycles.